The van der Waals surface area contributed by atoms with Crippen molar-refractivity contribution in [2.75, 3.05) is 7.05 Å². The highest BCUT2D eigenvalue weighted by molar-refractivity contribution is 5.03. The molecule has 0 aromatic carbocycles. The molecule has 0 bridgehead atoms. The Morgan fingerprint density at radius 2 is 2.27 bits per heavy atom. The van der Waals surface area contributed by atoms with Crippen molar-refractivity contribution >= 4 is 0 Å². The van der Waals surface area contributed by atoms with E-state index in [2.05, 4.69) is 10.00 Å². The zero-order valence-electron chi connectivity index (χ0n) is 10.0. The molecule has 0 saturated carbocycles. The predicted molar refractivity (Wildman–Crippen MR) is 60.4 cm³/mol. The molecule has 86 valence electrons. The molecule has 1 aromatic heterocycles. The number of aliphatic hydroxyl groups is 1. The highest BCUT2D eigenvalue weighted by Crippen LogP contribution is 2.09. The number of hydrogen-bond donors (Lipinski definition) is 1. The number of aliphatic hydroxyl groups excluding tert-OH is 1. The zero-order chi connectivity index (χ0) is 11.4. The largest absolute Gasteiger partial charge is 0.392 e. The van der Waals surface area contributed by atoms with E-state index in [0.29, 0.717) is 0 Å². The molecule has 4 nitrogen and oxygen atoms in total. The normalized spacial score (nSPS) is 15.6. The molecular formula is C11H21N3O. The average Bonchev–Trinajstić information content (AvgIpc) is 2.61. The minimum atomic E-state index is -0.258. The van der Waals surface area contributed by atoms with Gasteiger partial charge in [0.15, 0.2) is 0 Å². The molecule has 0 amide bonds. The summed E-state index contributed by atoms with van der Waals surface area (Å²) in [6.07, 6.45) is 4.40. The molecule has 1 heterocycles. The summed E-state index contributed by atoms with van der Waals surface area (Å²) in [4.78, 5) is 2.14. The third-order valence-corrected chi connectivity index (χ3v) is 2.86. The Morgan fingerprint density at radius 3 is 2.73 bits per heavy atom. The number of rotatable bonds is 5. The fourth-order valence-electron chi connectivity index (χ4n) is 1.62. The Labute approximate surface area is 91.5 Å². The van der Waals surface area contributed by atoms with Gasteiger partial charge >= 0.3 is 0 Å². The zero-order valence-corrected chi connectivity index (χ0v) is 10.0. The fourth-order valence-corrected chi connectivity index (χ4v) is 1.62. The molecule has 15 heavy (non-hydrogen) atoms. The summed E-state index contributed by atoms with van der Waals surface area (Å²) in [6, 6.07) is 0.176. The fraction of sp³-hybridized carbons (Fsp3) is 0.727. The first kappa shape index (κ1) is 12.2. The van der Waals surface area contributed by atoms with E-state index in [1.165, 1.54) is 5.56 Å². The molecule has 4 heteroatoms. The maximum absolute atomic E-state index is 9.72. The molecule has 1 N–H and O–H groups in total. The van der Waals surface area contributed by atoms with Gasteiger partial charge in [-0.1, -0.05) is 6.92 Å². The van der Waals surface area contributed by atoms with Crippen LogP contribution in [0.3, 0.4) is 0 Å². The van der Waals surface area contributed by atoms with Crippen LogP contribution in [0.2, 0.25) is 0 Å². The topological polar surface area (TPSA) is 41.3 Å². The molecule has 0 radical (unpaired) electrons. The first-order valence-electron chi connectivity index (χ1n) is 5.40. The van der Waals surface area contributed by atoms with Gasteiger partial charge in [-0.2, -0.15) is 5.10 Å². The van der Waals surface area contributed by atoms with Crippen LogP contribution < -0.4 is 0 Å². The van der Waals surface area contributed by atoms with Gasteiger partial charge < -0.3 is 5.11 Å². The first-order valence-corrected chi connectivity index (χ1v) is 5.40. The molecule has 0 saturated heterocycles. The molecule has 0 spiro atoms. The second kappa shape index (κ2) is 5.28. The molecular weight excluding hydrogens is 190 g/mol. The van der Waals surface area contributed by atoms with Crippen LogP contribution >= 0.6 is 0 Å². The Bertz CT molecular complexity index is 298. The van der Waals surface area contributed by atoms with Crippen LogP contribution in [0.15, 0.2) is 12.4 Å². The predicted octanol–water partition coefficient (Wildman–Crippen LogP) is 1.01. The molecule has 2 unspecified atom stereocenters. The van der Waals surface area contributed by atoms with E-state index in [-0.39, 0.29) is 12.1 Å². The number of hydrogen-bond acceptors (Lipinski definition) is 3. The Kier molecular flexibility index (Phi) is 4.29. The summed E-state index contributed by atoms with van der Waals surface area (Å²) < 4.78 is 1.80. The lowest BCUT2D eigenvalue weighted by atomic mass is 10.1. The van der Waals surface area contributed by atoms with Gasteiger partial charge in [0.25, 0.3) is 0 Å². The van der Waals surface area contributed by atoms with Crippen LogP contribution in [-0.4, -0.2) is 39.0 Å². The summed E-state index contributed by atoms with van der Waals surface area (Å²) in [5.41, 5.74) is 1.18. The Hall–Kier alpha value is -0.870. The number of nitrogens with zero attached hydrogens (tertiary/aromatic N) is 3. The monoisotopic (exact) mass is 211 g/mol. The van der Waals surface area contributed by atoms with Crippen LogP contribution in [0.25, 0.3) is 0 Å². The van der Waals surface area contributed by atoms with Crippen molar-refractivity contribution in [2.45, 2.75) is 39.0 Å². The second-order valence-electron chi connectivity index (χ2n) is 4.15. The van der Waals surface area contributed by atoms with Gasteiger partial charge in [-0.3, -0.25) is 9.58 Å². The van der Waals surface area contributed by atoms with Crippen molar-refractivity contribution < 1.29 is 5.11 Å². The summed E-state index contributed by atoms with van der Waals surface area (Å²) in [5, 5.41) is 13.8. The van der Waals surface area contributed by atoms with Crippen LogP contribution in [0.4, 0.5) is 0 Å². The number of aromatic nitrogens is 2. The second-order valence-corrected chi connectivity index (χ2v) is 4.15. The van der Waals surface area contributed by atoms with Gasteiger partial charge in [-0.15, -0.1) is 0 Å². The van der Waals surface area contributed by atoms with E-state index < -0.39 is 0 Å². The number of aryl methyl sites for hydroxylation is 1. The average molecular weight is 211 g/mol. The molecule has 0 aliphatic carbocycles. The van der Waals surface area contributed by atoms with Gasteiger partial charge in [0.2, 0.25) is 0 Å². The Morgan fingerprint density at radius 1 is 1.60 bits per heavy atom. The molecule has 1 rings (SSSR count). The standard InChI is InChI=1S/C11H21N3O/c1-5-11(15)9(2)13(3)7-10-6-12-14(4)8-10/h6,8-9,11,15H,5,7H2,1-4H3. The van der Waals surface area contributed by atoms with Gasteiger partial charge in [0, 0.05) is 31.4 Å². The highest BCUT2D eigenvalue weighted by atomic mass is 16.3. The molecule has 0 fully saturated rings. The van der Waals surface area contributed by atoms with Gasteiger partial charge in [0.1, 0.15) is 0 Å². The van der Waals surface area contributed by atoms with Crippen molar-refractivity contribution in [1.82, 2.24) is 14.7 Å². The van der Waals surface area contributed by atoms with Crippen molar-refractivity contribution in [3.8, 4) is 0 Å². The van der Waals surface area contributed by atoms with Crippen molar-refractivity contribution in [1.29, 1.82) is 0 Å². The minimum Gasteiger partial charge on any atom is -0.392 e. The lowest BCUT2D eigenvalue weighted by Gasteiger charge is -2.27. The van der Waals surface area contributed by atoms with Crippen LogP contribution in [0.1, 0.15) is 25.8 Å². The smallest absolute Gasteiger partial charge is 0.0690 e. The maximum atomic E-state index is 9.72. The molecule has 0 aliphatic rings. The number of likely N-dealkylation sites (N-methyl/N-ethyl adjacent to an activating group) is 1. The lowest BCUT2D eigenvalue weighted by molar-refractivity contribution is 0.0665. The molecule has 1 aromatic rings. The van der Waals surface area contributed by atoms with Crippen molar-refractivity contribution in [3.05, 3.63) is 18.0 Å². The van der Waals surface area contributed by atoms with Gasteiger partial charge in [0.05, 0.1) is 12.3 Å². The van der Waals surface area contributed by atoms with Crippen LogP contribution in [-0.2, 0) is 13.6 Å². The van der Waals surface area contributed by atoms with Crippen molar-refractivity contribution in [2.24, 2.45) is 7.05 Å². The van der Waals surface area contributed by atoms with E-state index in [9.17, 15) is 5.11 Å². The third kappa shape index (κ3) is 3.32. The van der Waals surface area contributed by atoms with Crippen molar-refractivity contribution in [3.63, 3.8) is 0 Å². The van der Waals surface area contributed by atoms with Gasteiger partial charge in [-0.05, 0) is 20.4 Å². The van der Waals surface area contributed by atoms with E-state index in [0.717, 1.165) is 13.0 Å². The maximum Gasteiger partial charge on any atom is 0.0690 e. The third-order valence-electron chi connectivity index (χ3n) is 2.86. The van der Waals surface area contributed by atoms with E-state index in [4.69, 9.17) is 0 Å². The molecule has 2 atom stereocenters. The lowest BCUT2D eigenvalue weighted by Crippen LogP contribution is -2.38. The summed E-state index contributed by atoms with van der Waals surface area (Å²) in [7, 11) is 3.93. The highest BCUT2D eigenvalue weighted by Gasteiger charge is 2.17. The van der Waals surface area contributed by atoms with E-state index in [1.807, 2.05) is 40.3 Å². The van der Waals surface area contributed by atoms with Gasteiger partial charge in [-0.25, -0.2) is 0 Å². The first-order chi connectivity index (χ1) is 7.04. The van der Waals surface area contributed by atoms with Crippen LogP contribution in [0.5, 0.6) is 0 Å². The summed E-state index contributed by atoms with van der Waals surface area (Å²) >= 11 is 0. The van der Waals surface area contributed by atoms with Crippen LogP contribution in [0, 0.1) is 0 Å². The Balaban J connectivity index is 2.51. The SMILES string of the molecule is CCC(O)C(C)N(C)Cc1cnn(C)c1. The summed E-state index contributed by atoms with van der Waals surface area (Å²) in [5.74, 6) is 0. The minimum absolute atomic E-state index is 0.176. The summed E-state index contributed by atoms with van der Waals surface area (Å²) in [6.45, 7) is 4.87. The van der Waals surface area contributed by atoms with E-state index >= 15 is 0 Å². The molecule has 0 aliphatic heterocycles. The van der Waals surface area contributed by atoms with E-state index in [1.54, 1.807) is 4.68 Å². The quantitative estimate of drug-likeness (QED) is 0.790.